The van der Waals surface area contributed by atoms with Gasteiger partial charge in [0, 0.05) is 26.5 Å². The van der Waals surface area contributed by atoms with Crippen molar-refractivity contribution in [1.29, 1.82) is 0 Å². The number of amides is 1. The van der Waals surface area contributed by atoms with Crippen molar-refractivity contribution in [3.63, 3.8) is 0 Å². The Morgan fingerprint density at radius 3 is 2.71 bits per heavy atom. The molecule has 1 amide bonds. The van der Waals surface area contributed by atoms with Crippen molar-refractivity contribution in [3.8, 4) is 0 Å². The second-order valence-corrected chi connectivity index (χ2v) is 5.21. The van der Waals surface area contributed by atoms with Gasteiger partial charge in [-0.25, -0.2) is 0 Å². The summed E-state index contributed by atoms with van der Waals surface area (Å²) in [5.41, 5.74) is 0.800. The lowest BCUT2D eigenvalue weighted by atomic mass is 10.3. The first-order chi connectivity index (χ1) is 8.24. The maximum Gasteiger partial charge on any atom is 0.248 e. The van der Waals surface area contributed by atoms with E-state index in [2.05, 4.69) is 21.2 Å². The summed E-state index contributed by atoms with van der Waals surface area (Å²) in [4.78, 5) is 12.6. The van der Waals surface area contributed by atoms with Crippen molar-refractivity contribution in [2.24, 2.45) is 0 Å². The van der Waals surface area contributed by atoms with Crippen LogP contribution >= 0.6 is 27.3 Å². The van der Waals surface area contributed by atoms with Gasteiger partial charge in [-0.15, -0.1) is 11.3 Å². The lowest BCUT2D eigenvalue weighted by Crippen LogP contribution is -2.07. The third-order valence-electron chi connectivity index (χ3n) is 2.03. The van der Waals surface area contributed by atoms with Crippen LogP contribution in [0.2, 0.25) is 0 Å². The molecule has 0 bridgehead atoms. The van der Waals surface area contributed by atoms with Crippen LogP contribution in [0.4, 0.5) is 5.69 Å². The smallest absolute Gasteiger partial charge is 0.248 e. The Bertz CT molecular complexity index is 533. The lowest BCUT2D eigenvalue weighted by molar-refractivity contribution is -0.111. The highest BCUT2D eigenvalue weighted by Gasteiger charge is 1.97. The van der Waals surface area contributed by atoms with Crippen molar-refractivity contribution in [1.82, 2.24) is 0 Å². The van der Waals surface area contributed by atoms with E-state index >= 15 is 0 Å². The SMILES string of the molecule is O=C(C=Cc1cc(Br)cs1)Nc1ccccc1. The van der Waals surface area contributed by atoms with Gasteiger partial charge in [0.2, 0.25) is 5.91 Å². The normalized spacial score (nSPS) is 10.6. The topological polar surface area (TPSA) is 29.1 Å². The standard InChI is InChI=1S/C13H10BrNOS/c14-10-8-12(17-9-10)6-7-13(16)15-11-4-2-1-3-5-11/h1-9H,(H,15,16). The molecule has 17 heavy (non-hydrogen) atoms. The van der Waals surface area contributed by atoms with Gasteiger partial charge in [-0.2, -0.15) is 0 Å². The highest BCUT2D eigenvalue weighted by molar-refractivity contribution is 9.10. The first-order valence-corrected chi connectivity index (χ1v) is 6.69. The highest BCUT2D eigenvalue weighted by atomic mass is 79.9. The Morgan fingerprint density at radius 2 is 2.06 bits per heavy atom. The second-order valence-electron chi connectivity index (χ2n) is 3.36. The predicted octanol–water partition coefficient (Wildman–Crippen LogP) is 4.16. The number of benzene rings is 1. The van der Waals surface area contributed by atoms with Gasteiger partial charge in [-0.1, -0.05) is 18.2 Å². The molecular formula is C13H10BrNOS. The Kier molecular flexibility index (Phi) is 4.12. The molecule has 0 saturated heterocycles. The van der Waals surface area contributed by atoms with Gasteiger partial charge in [0.05, 0.1) is 0 Å². The molecule has 0 radical (unpaired) electrons. The summed E-state index contributed by atoms with van der Waals surface area (Å²) < 4.78 is 1.03. The summed E-state index contributed by atoms with van der Waals surface area (Å²) in [5, 5.41) is 4.77. The van der Waals surface area contributed by atoms with Crippen molar-refractivity contribution >= 4 is 44.9 Å². The Labute approximate surface area is 112 Å². The van der Waals surface area contributed by atoms with Crippen LogP contribution in [0.15, 0.2) is 52.3 Å². The molecule has 0 saturated carbocycles. The molecule has 0 unspecified atom stereocenters. The number of nitrogens with one attached hydrogen (secondary N) is 1. The van der Waals surface area contributed by atoms with E-state index in [4.69, 9.17) is 0 Å². The minimum atomic E-state index is -0.124. The number of carbonyl (C=O) groups excluding carboxylic acids is 1. The van der Waals surface area contributed by atoms with Gasteiger partial charge in [0.15, 0.2) is 0 Å². The van der Waals surface area contributed by atoms with E-state index in [1.165, 1.54) is 6.08 Å². The number of para-hydroxylation sites is 1. The van der Waals surface area contributed by atoms with Gasteiger partial charge in [0.1, 0.15) is 0 Å². The molecule has 0 atom stereocenters. The summed E-state index contributed by atoms with van der Waals surface area (Å²) in [6, 6.07) is 11.4. The van der Waals surface area contributed by atoms with Crippen molar-refractivity contribution < 1.29 is 4.79 Å². The molecule has 2 aromatic rings. The van der Waals surface area contributed by atoms with Gasteiger partial charge >= 0.3 is 0 Å². The minimum Gasteiger partial charge on any atom is -0.323 e. The molecule has 1 aromatic heterocycles. The van der Waals surface area contributed by atoms with E-state index in [1.54, 1.807) is 17.4 Å². The number of carbonyl (C=O) groups is 1. The molecule has 2 nitrogen and oxygen atoms in total. The largest absolute Gasteiger partial charge is 0.323 e. The fourth-order valence-corrected chi connectivity index (χ4v) is 2.62. The summed E-state index contributed by atoms with van der Waals surface area (Å²) in [6.07, 6.45) is 3.33. The molecule has 0 spiro atoms. The summed E-state index contributed by atoms with van der Waals surface area (Å²) >= 11 is 4.95. The zero-order valence-electron chi connectivity index (χ0n) is 8.89. The van der Waals surface area contributed by atoms with Crippen LogP contribution in [0.1, 0.15) is 4.88 Å². The predicted molar refractivity (Wildman–Crippen MR) is 76.1 cm³/mol. The van der Waals surface area contributed by atoms with Crippen LogP contribution in [-0.2, 0) is 4.79 Å². The number of hydrogen-bond acceptors (Lipinski definition) is 2. The van der Waals surface area contributed by atoms with Crippen molar-refractivity contribution in [3.05, 3.63) is 57.2 Å². The number of thiophene rings is 1. The Hall–Kier alpha value is -1.39. The maximum absolute atomic E-state index is 11.6. The van der Waals surface area contributed by atoms with Crippen molar-refractivity contribution in [2.75, 3.05) is 5.32 Å². The molecule has 1 heterocycles. The summed E-state index contributed by atoms with van der Waals surface area (Å²) in [7, 11) is 0. The van der Waals surface area contributed by atoms with Gasteiger partial charge in [0.25, 0.3) is 0 Å². The van der Waals surface area contributed by atoms with Gasteiger partial charge in [-0.05, 0) is 40.2 Å². The average molecular weight is 308 g/mol. The molecule has 0 aliphatic heterocycles. The van der Waals surface area contributed by atoms with E-state index in [1.807, 2.05) is 41.8 Å². The molecule has 1 aromatic carbocycles. The molecule has 2 rings (SSSR count). The van der Waals surface area contributed by atoms with E-state index in [0.29, 0.717) is 0 Å². The summed E-state index contributed by atoms with van der Waals surface area (Å²) in [6.45, 7) is 0. The second kappa shape index (κ2) is 5.80. The quantitative estimate of drug-likeness (QED) is 0.848. The molecule has 0 aliphatic rings. The average Bonchev–Trinajstić information content (AvgIpc) is 2.74. The Balaban J connectivity index is 1.96. The van der Waals surface area contributed by atoms with E-state index < -0.39 is 0 Å². The zero-order valence-corrected chi connectivity index (χ0v) is 11.3. The van der Waals surface area contributed by atoms with Crippen LogP contribution in [0, 0.1) is 0 Å². The molecule has 86 valence electrons. The third-order valence-corrected chi connectivity index (χ3v) is 3.69. The fraction of sp³-hybridized carbons (Fsp3) is 0. The first kappa shape index (κ1) is 12.1. The molecule has 4 heteroatoms. The van der Waals surface area contributed by atoms with Gasteiger partial charge < -0.3 is 5.32 Å². The number of hydrogen-bond donors (Lipinski definition) is 1. The van der Waals surface area contributed by atoms with Crippen LogP contribution in [-0.4, -0.2) is 5.91 Å². The summed E-state index contributed by atoms with van der Waals surface area (Å²) in [5.74, 6) is -0.124. The maximum atomic E-state index is 11.6. The number of rotatable bonds is 3. The number of halogens is 1. The van der Waals surface area contributed by atoms with E-state index in [9.17, 15) is 4.79 Å². The van der Waals surface area contributed by atoms with Crippen LogP contribution in [0.25, 0.3) is 6.08 Å². The first-order valence-electron chi connectivity index (χ1n) is 5.02. The highest BCUT2D eigenvalue weighted by Crippen LogP contribution is 2.20. The lowest BCUT2D eigenvalue weighted by Gasteiger charge is -1.99. The molecule has 1 N–H and O–H groups in total. The zero-order chi connectivity index (χ0) is 12.1. The van der Waals surface area contributed by atoms with Crippen LogP contribution < -0.4 is 5.32 Å². The van der Waals surface area contributed by atoms with Crippen molar-refractivity contribution in [2.45, 2.75) is 0 Å². The molecule has 0 fully saturated rings. The number of anilines is 1. The molecule has 0 aliphatic carbocycles. The minimum absolute atomic E-state index is 0.124. The third kappa shape index (κ3) is 3.84. The Morgan fingerprint density at radius 1 is 1.29 bits per heavy atom. The monoisotopic (exact) mass is 307 g/mol. The molecular weight excluding hydrogens is 298 g/mol. The van der Waals surface area contributed by atoms with E-state index in [0.717, 1.165) is 15.0 Å². The van der Waals surface area contributed by atoms with Gasteiger partial charge in [-0.3, -0.25) is 4.79 Å². The van der Waals surface area contributed by atoms with Crippen LogP contribution in [0.5, 0.6) is 0 Å². The van der Waals surface area contributed by atoms with Crippen LogP contribution in [0.3, 0.4) is 0 Å². The van der Waals surface area contributed by atoms with E-state index in [-0.39, 0.29) is 5.91 Å². The fourth-order valence-electron chi connectivity index (χ4n) is 1.28.